The van der Waals surface area contributed by atoms with Gasteiger partial charge in [0.1, 0.15) is 6.61 Å². The third-order valence-electron chi connectivity index (χ3n) is 4.90. The lowest BCUT2D eigenvalue weighted by molar-refractivity contribution is 0.0695. The van der Waals surface area contributed by atoms with Gasteiger partial charge in [-0.2, -0.15) is 0 Å². The second-order valence-corrected chi connectivity index (χ2v) is 6.62. The Labute approximate surface area is 140 Å². The van der Waals surface area contributed by atoms with Crippen molar-refractivity contribution in [2.75, 3.05) is 6.54 Å². The van der Waals surface area contributed by atoms with Crippen LogP contribution in [0.4, 0.5) is 4.79 Å². The van der Waals surface area contributed by atoms with Crippen LogP contribution in [0, 0.1) is 0 Å². The molecule has 0 unspecified atom stereocenters. The Kier molecular flexibility index (Phi) is 3.74. The molecule has 4 rings (SSSR count). The van der Waals surface area contributed by atoms with Crippen LogP contribution in [-0.2, 0) is 11.3 Å². The van der Waals surface area contributed by atoms with E-state index in [2.05, 4.69) is 6.07 Å². The Balaban J connectivity index is 1.52. The summed E-state index contributed by atoms with van der Waals surface area (Å²) < 4.78 is 5.52. The van der Waals surface area contributed by atoms with Crippen molar-refractivity contribution < 1.29 is 9.53 Å². The molecule has 0 N–H and O–H groups in total. The molecule has 118 valence electrons. The van der Waals surface area contributed by atoms with Crippen molar-refractivity contribution in [2.24, 2.45) is 0 Å². The predicted octanol–water partition coefficient (Wildman–Crippen LogP) is 4.91. The summed E-state index contributed by atoms with van der Waals surface area (Å²) in [5, 5.41) is 0.762. The van der Waals surface area contributed by atoms with Gasteiger partial charge < -0.3 is 9.64 Å². The molecule has 0 radical (unpaired) electrons. The van der Waals surface area contributed by atoms with Crippen LogP contribution < -0.4 is 0 Å². The monoisotopic (exact) mass is 327 g/mol. The molecule has 1 amide bonds. The molecule has 4 heteroatoms. The number of nitrogens with zero attached hydrogens (tertiary/aromatic N) is 1. The van der Waals surface area contributed by atoms with Gasteiger partial charge >= 0.3 is 6.09 Å². The highest BCUT2D eigenvalue weighted by atomic mass is 35.5. The first-order chi connectivity index (χ1) is 11.2. The lowest BCUT2D eigenvalue weighted by atomic mass is 9.96. The van der Waals surface area contributed by atoms with Crippen LogP contribution in [0.3, 0.4) is 0 Å². The fraction of sp³-hybridized carbons (Fsp3) is 0.316. The lowest BCUT2D eigenvalue weighted by Crippen LogP contribution is -2.37. The largest absolute Gasteiger partial charge is 0.445 e. The molecule has 0 saturated carbocycles. The minimum absolute atomic E-state index is 0.0562. The van der Waals surface area contributed by atoms with Gasteiger partial charge in [-0.3, -0.25) is 0 Å². The van der Waals surface area contributed by atoms with E-state index in [1.54, 1.807) is 0 Å². The van der Waals surface area contributed by atoms with Gasteiger partial charge in [-0.05, 0) is 41.5 Å². The van der Waals surface area contributed by atoms with Crippen molar-refractivity contribution in [3.63, 3.8) is 0 Å². The molecule has 1 heterocycles. The summed E-state index contributed by atoms with van der Waals surface area (Å²) in [7, 11) is 0. The van der Waals surface area contributed by atoms with Gasteiger partial charge in [0.05, 0.1) is 6.04 Å². The summed E-state index contributed by atoms with van der Waals surface area (Å²) in [4.78, 5) is 14.4. The van der Waals surface area contributed by atoms with E-state index in [9.17, 15) is 4.79 Å². The van der Waals surface area contributed by atoms with Crippen molar-refractivity contribution in [3.8, 4) is 0 Å². The number of ether oxygens (including phenoxy) is 1. The average molecular weight is 328 g/mol. The fourth-order valence-corrected chi connectivity index (χ4v) is 4.11. The maximum atomic E-state index is 12.5. The Hall–Kier alpha value is -2.00. The number of piperidine rings is 1. The molecule has 2 aromatic rings. The van der Waals surface area contributed by atoms with Crippen LogP contribution in [-0.4, -0.2) is 17.5 Å². The highest BCUT2D eigenvalue weighted by molar-refractivity contribution is 6.31. The average Bonchev–Trinajstić information content (AvgIpc) is 2.88. The molecule has 2 atom stereocenters. The van der Waals surface area contributed by atoms with Crippen LogP contribution in [0.1, 0.15) is 41.5 Å². The van der Waals surface area contributed by atoms with Gasteiger partial charge in [0.2, 0.25) is 0 Å². The first-order valence-corrected chi connectivity index (χ1v) is 8.37. The predicted molar refractivity (Wildman–Crippen MR) is 89.5 cm³/mol. The van der Waals surface area contributed by atoms with E-state index in [4.69, 9.17) is 16.3 Å². The number of carbonyl (C=O) groups is 1. The molecule has 2 aromatic carbocycles. The standard InChI is InChI=1S/C19H18ClNO2/c20-16-8-4-7-15-14-9-10-21(17(11-14)18(15)16)19(22)23-12-13-5-2-1-3-6-13/h1-8,14,17H,9-12H2/t14-,17+/m0/s1. The zero-order chi connectivity index (χ0) is 15.8. The van der Waals surface area contributed by atoms with E-state index < -0.39 is 0 Å². The number of benzene rings is 2. The van der Waals surface area contributed by atoms with Crippen molar-refractivity contribution in [1.82, 2.24) is 4.90 Å². The summed E-state index contributed by atoms with van der Waals surface area (Å²) in [6.45, 7) is 1.04. The van der Waals surface area contributed by atoms with E-state index in [0.29, 0.717) is 12.5 Å². The van der Waals surface area contributed by atoms with Crippen LogP contribution >= 0.6 is 11.6 Å². The number of amides is 1. The minimum Gasteiger partial charge on any atom is -0.445 e. The van der Waals surface area contributed by atoms with E-state index >= 15 is 0 Å². The van der Waals surface area contributed by atoms with Gasteiger partial charge in [0.25, 0.3) is 0 Å². The van der Waals surface area contributed by atoms with Crippen molar-refractivity contribution >= 4 is 17.7 Å². The SMILES string of the molecule is O=C(OCc1ccccc1)N1CC[C@H]2C[C@@H]1c1c(Cl)cccc12. The highest BCUT2D eigenvalue weighted by Crippen LogP contribution is 2.51. The number of likely N-dealkylation sites (tertiary alicyclic amines) is 1. The number of rotatable bonds is 2. The first-order valence-electron chi connectivity index (χ1n) is 7.99. The molecule has 1 aliphatic heterocycles. The summed E-state index contributed by atoms with van der Waals surface area (Å²) in [6, 6.07) is 15.9. The number of hydrogen-bond donors (Lipinski definition) is 0. The second-order valence-electron chi connectivity index (χ2n) is 6.21. The number of halogens is 1. The molecule has 3 nitrogen and oxygen atoms in total. The second kappa shape index (κ2) is 5.89. The molecular weight excluding hydrogens is 310 g/mol. The summed E-state index contributed by atoms with van der Waals surface area (Å²) in [5.41, 5.74) is 3.43. The molecule has 2 bridgehead atoms. The van der Waals surface area contributed by atoms with Crippen LogP contribution in [0.2, 0.25) is 5.02 Å². The third-order valence-corrected chi connectivity index (χ3v) is 5.23. The highest BCUT2D eigenvalue weighted by Gasteiger charge is 2.42. The molecule has 0 spiro atoms. The molecule has 1 fully saturated rings. The Morgan fingerprint density at radius 1 is 1.17 bits per heavy atom. The van der Waals surface area contributed by atoms with E-state index in [1.807, 2.05) is 47.4 Å². The quantitative estimate of drug-likeness (QED) is 0.784. The fourth-order valence-electron chi connectivity index (χ4n) is 3.80. The zero-order valence-corrected chi connectivity index (χ0v) is 13.5. The van der Waals surface area contributed by atoms with Crippen molar-refractivity contribution in [1.29, 1.82) is 0 Å². The molecule has 23 heavy (non-hydrogen) atoms. The summed E-state index contributed by atoms with van der Waals surface area (Å²) in [6.07, 6.45) is 1.69. The number of carbonyl (C=O) groups excluding carboxylic acids is 1. The molecular formula is C19H18ClNO2. The van der Waals surface area contributed by atoms with Gasteiger partial charge in [-0.25, -0.2) is 4.79 Å². The topological polar surface area (TPSA) is 29.5 Å². The number of fused-ring (bicyclic) bond motifs is 5. The van der Waals surface area contributed by atoms with Crippen LogP contribution in [0.15, 0.2) is 48.5 Å². The maximum Gasteiger partial charge on any atom is 0.410 e. The molecule has 1 saturated heterocycles. The van der Waals surface area contributed by atoms with Gasteiger partial charge in [-0.1, -0.05) is 54.1 Å². The van der Waals surface area contributed by atoms with Crippen LogP contribution in [0.5, 0.6) is 0 Å². The zero-order valence-electron chi connectivity index (χ0n) is 12.7. The van der Waals surface area contributed by atoms with E-state index in [0.717, 1.165) is 35.5 Å². The van der Waals surface area contributed by atoms with Gasteiger partial charge in [-0.15, -0.1) is 0 Å². The number of hydrogen-bond acceptors (Lipinski definition) is 2. The summed E-state index contributed by atoms with van der Waals surface area (Å²) in [5.74, 6) is 0.520. The Morgan fingerprint density at radius 3 is 2.83 bits per heavy atom. The van der Waals surface area contributed by atoms with Gasteiger partial charge in [0.15, 0.2) is 0 Å². The lowest BCUT2D eigenvalue weighted by Gasteiger charge is -2.33. The van der Waals surface area contributed by atoms with Gasteiger partial charge in [0, 0.05) is 11.6 Å². The van der Waals surface area contributed by atoms with E-state index in [-0.39, 0.29) is 12.1 Å². The van der Waals surface area contributed by atoms with E-state index in [1.165, 1.54) is 5.56 Å². The third kappa shape index (κ3) is 2.59. The first kappa shape index (κ1) is 14.6. The normalized spacial score (nSPS) is 21.9. The smallest absolute Gasteiger partial charge is 0.410 e. The molecule has 1 aliphatic carbocycles. The Bertz CT molecular complexity index is 731. The summed E-state index contributed by atoms with van der Waals surface area (Å²) >= 11 is 6.40. The van der Waals surface area contributed by atoms with Crippen molar-refractivity contribution in [2.45, 2.75) is 31.4 Å². The Morgan fingerprint density at radius 2 is 2.00 bits per heavy atom. The minimum atomic E-state index is -0.245. The molecule has 0 aromatic heterocycles. The molecule has 2 aliphatic rings. The van der Waals surface area contributed by atoms with Crippen LogP contribution in [0.25, 0.3) is 0 Å². The van der Waals surface area contributed by atoms with Crippen molar-refractivity contribution in [3.05, 3.63) is 70.2 Å². The maximum absolute atomic E-state index is 12.5.